The van der Waals surface area contributed by atoms with E-state index in [1.807, 2.05) is 25.1 Å². The van der Waals surface area contributed by atoms with Crippen LogP contribution in [0.25, 0.3) is 10.9 Å². The Hall–Kier alpha value is -4.18. The molecule has 0 spiro atoms. The zero-order chi connectivity index (χ0) is 24.8. The minimum Gasteiger partial charge on any atom is -0.493 e. The van der Waals surface area contributed by atoms with Crippen LogP contribution in [0.15, 0.2) is 49.2 Å². The van der Waals surface area contributed by atoms with E-state index in [9.17, 15) is 9.90 Å². The van der Waals surface area contributed by atoms with E-state index in [1.54, 1.807) is 30.3 Å². The van der Waals surface area contributed by atoms with E-state index in [4.69, 9.17) is 15.2 Å². The molecule has 0 aliphatic rings. The summed E-state index contributed by atoms with van der Waals surface area (Å²) in [5.41, 5.74) is 9.61. The first-order valence-corrected chi connectivity index (χ1v) is 11.3. The van der Waals surface area contributed by atoms with Gasteiger partial charge < -0.3 is 25.6 Å². The van der Waals surface area contributed by atoms with Gasteiger partial charge in [-0.1, -0.05) is 19.1 Å². The number of methoxy groups -OCH3 is 1. The van der Waals surface area contributed by atoms with Gasteiger partial charge in [0, 0.05) is 36.3 Å². The number of carbonyl (C=O) groups is 1. The molecule has 35 heavy (non-hydrogen) atoms. The molecule has 1 amide bonds. The number of benzene rings is 2. The fraction of sp³-hybridized carbons (Fsp3) is 0.280. The van der Waals surface area contributed by atoms with E-state index in [2.05, 4.69) is 20.4 Å². The topological polar surface area (TPSA) is 137 Å². The maximum atomic E-state index is 12.3. The van der Waals surface area contributed by atoms with Gasteiger partial charge in [-0.05, 0) is 29.7 Å². The van der Waals surface area contributed by atoms with Crippen molar-refractivity contribution in [2.24, 2.45) is 5.73 Å². The number of aryl methyl sites for hydroxylation is 1. The van der Waals surface area contributed by atoms with Gasteiger partial charge in [-0.3, -0.25) is 14.5 Å². The molecular weight excluding hydrogens is 448 g/mol. The van der Waals surface area contributed by atoms with Crippen molar-refractivity contribution in [3.8, 4) is 11.5 Å². The van der Waals surface area contributed by atoms with Gasteiger partial charge in [0.25, 0.3) is 5.91 Å². The van der Waals surface area contributed by atoms with Gasteiger partial charge >= 0.3 is 0 Å². The van der Waals surface area contributed by atoms with Crippen LogP contribution in [0.1, 0.15) is 34.8 Å². The second-order valence-corrected chi connectivity index (χ2v) is 7.87. The zero-order valence-electron chi connectivity index (χ0n) is 19.7. The molecule has 2 aromatic heterocycles. The Morgan fingerprint density at radius 2 is 2.11 bits per heavy atom. The highest BCUT2D eigenvalue weighted by Gasteiger charge is 2.18. The smallest absolute Gasteiger partial charge is 0.252 e. The summed E-state index contributed by atoms with van der Waals surface area (Å²) in [4.78, 5) is 20.6. The lowest BCUT2D eigenvalue weighted by atomic mass is 10.0. The largest absolute Gasteiger partial charge is 0.493 e. The molecule has 182 valence electrons. The Labute approximate surface area is 202 Å². The zero-order valence-corrected chi connectivity index (χ0v) is 19.7. The van der Waals surface area contributed by atoms with Gasteiger partial charge in [0.1, 0.15) is 12.7 Å². The van der Waals surface area contributed by atoms with Crippen molar-refractivity contribution in [1.82, 2.24) is 19.7 Å². The SMILES string of the molecule is CCc1c(CO)cccc1Nc1c(C(N)=O)cnc2cc(OCCCn3cncn3)c(OC)cc12. The maximum Gasteiger partial charge on any atom is 0.252 e. The van der Waals surface area contributed by atoms with Crippen LogP contribution in [0, 0.1) is 0 Å². The minimum absolute atomic E-state index is 0.0795. The third-order valence-electron chi connectivity index (χ3n) is 5.73. The normalized spacial score (nSPS) is 10.9. The molecule has 2 heterocycles. The van der Waals surface area contributed by atoms with E-state index < -0.39 is 5.91 Å². The van der Waals surface area contributed by atoms with Gasteiger partial charge in [0.15, 0.2) is 11.5 Å². The molecule has 0 bridgehead atoms. The number of anilines is 2. The molecule has 2 aromatic carbocycles. The Balaban J connectivity index is 1.70. The van der Waals surface area contributed by atoms with Crippen molar-refractivity contribution in [2.75, 3.05) is 19.0 Å². The van der Waals surface area contributed by atoms with Crippen LogP contribution in [0.3, 0.4) is 0 Å². The number of aromatic nitrogens is 4. The Morgan fingerprint density at radius 3 is 2.80 bits per heavy atom. The summed E-state index contributed by atoms with van der Waals surface area (Å²) in [5, 5.41) is 17.9. The number of aliphatic hydroxyl groups is 1. The lowest BCUT2D eigenvalue weighted by Gasteiger charge is -2.19. The number of rotatable bonds is 11. The van der Waals surface area contributed by atoms with E-state index >= 15 is 0 Å². The number of carbonyl (C=O) groups excluding carboxylic acids is 1. The summed E-state index contributed by atoms with van der Waals surface area (Å²) >= 11 is 0. The van der Waals surface area contributed by atoms with Crippen molar-refractivity contribution < 1.29 is 19.4 Å². The lowest BCUT2D eigenvalue weighted by Crippen LogP contribution is -2.15. The highest BCUT2D eigenvalue weighted by atomic mass is 16.5. The summed E-state index contributed by atoms with van der Waals surface area (Å²) in [6.07, 6.45) is 6.03. The number of fused-ring (bicyclic) bond motifs is 1. The molecule has 0 saturated heterocycles. The number of nitrogens with two attached hydrogens (primary N) is 1. The first kappa shape index (κ1) is 24.0. The van der Waals surface area contributed by atoms with E-state index in [0.29, 0.717) is 47.7 Å². The fourth-order valence-corrected chi connectivity index (χ4v) is 4.00. The average Bonchev–Trinajstić information content (AvgIpc) is 3.39. The van der Waals surface area contributed by atoms with Crippen molar-refractivity contribution in [3.05, 3.63) is 65.9 Å². The molecule has 0 fully saturated rings. The van der Waals surface area contributed by atoms with E-state index in [0.717, 1.165) is 23.2 Å². The molecule has 10 nitrogen and oxygen atoms in total. The molecule has 4 rings (SSSR count). The molecule has 0 unspecified atom stereocenters. The van der Waals surface area contributed by atoms with Crippen LogP contribution in [-0.2, 0) is 19.6 Å². The summed E-state index contributed by atoms with van der Waals surface area (Å²) < 4.78 is 13.3. The lowest BCUT2D eigenvalue weighted by molar-refractivity contribution is 0.100. The highest BCUT2D eigenvalue weighted by molar-refractivity contribution is 6.08. The first-order valence-electron chi connectivity index (χ1n) is 11.3. The molecule has 0 radical (unpaired) electrons. The van der Waals surface area contributed by atoms with Crippen LogP contribution in [0.4, 0.5) is 11.4 Å². The minimum atomic E-state index is -0.606. The number of hydrogen-bond acceptors (Lipinski definition) is 8. The molecule has 0 aliphatic heterocycles. The average molecular weight is 477 g/mol. The molecule has 4 N–H and O–H groups in total. The van der Waals surface area contributed by atoms with Crippen molar-refractivity contribution >= 4 is 28.2 Å². The Kier molecular flexibility index (Phi) is 7.41. The molecule has 4 aromatic rings. The Morgan fingerprint density at radius 1 is 1.26 bits per heavy atom. The van der Waals surface area contributed by atoms with Gasteiger partial charge in [-0.15, -0.1) is 0 Å². The Bertz CT molecular complexity index is 1320. The van der Waals surface area contributed by atoms with Crippen molar-refractivity contribution in [3.63, 3.8) is 0 Å². The van der Waals surface area contributed by atoms with Crippen LogP contribution in [-0.4, -0.2) is 44.5 Å². The number of primary amides is 1. The monoisotopic (exact) mass is 476 g/mol. The second-order valence-electron chi connectivity index (χ2n) is 7.87. The summed E-state index contributed by atoms with van der Waals surface area (Å²) in [7, 11) is 1.56. The quantitative estimate of drug-likeness (QED) is 0.281. The maximum absolute atomic E-state index is 12.3. The van der Waals surface area contributed by atoms with Gasteiger partial charge in [-0.2, -0.15) is 5.10 Å². The molecule has 0 aliphatic carbocycles. The molecular formula is C25H28N6O4. The first-order chi connectivity index (χ1) is 17.0. The van der Waals surface area contributed by atoms with Crippen molar-refractivity contribution in [1.29, 1.82) is 0 Å². The molecule has 10 heteroatoms. The molecule has 0 atom stereocenters. The van der Waals surface area contributed by atoms with E-state index in [1.165, 1.54) is 12.5 Å². The predicted octanol–water partition coefficient (Wildman–Crippen LogP) is 3.20. The second kappa shape index (κ2) is 10.8. The van der Waals surface area contributed by atoms with E-state index in [-0.39, 0.29) is 12.2 Å². The summed E-state index contributed by atoms with van der Waals surface area (Å²) in [6, 6.07) is 9.19. The molecule has 0 saturated carbocycles. The van der Waals surface area contributed by atoms with Crippen molar-refractivity contribution in [2.45, 2.75) is 32.9 Å². The number of amides is 1. The van der Waals surface area contributed by atoms with Gasteiger partial charge in [0.05, 0.1) is 37.1 Å². The van der Waals surface area contributed by atoms with Crippen LogP contribution < -0.4 is 20.5 Å². The fourth-order valence-electron chi connectivity index (χ4n) is 4.00. The summed E-state index contributed by atoms with van der Waals surface area (Å²) in [6.45, 7) is 3.05. The number of nitrogens with zero attached hydrogens (tertiary/aromatic N) is 4. The number of ether oxygens (including phenoxy) is 2. The van der Waals surface area contributed by atoms with Gasteiger partial charge in [0.2, 0.25) is 0 Å². The van der Waals surface area contributed by atoms with Crippen LogP contribution >= 0.6 is 0 Å². The number of pyridine rings is 1. The van der Waals surface area contributed by atoms with Gasteiger partial charge in [-0.25, -0.2) is 4.98 Å². The number of nitrogens with one attached hydrogen (secondary N) is 1. The third kappa shape index (κ3) is 5.17. The highest BCUT2D eigenvalue weighted by Crippen LogP contribution is 2.38. The summed E-state index contributed by atoms with van der Waals surface area (Å²) in [5.74, 6) is 0.440. The number of aliphatic hydroxyl groups excluding tert-OH is 1. The number of hydrogen-bond donors (Lipinski definition) is 3. The standard InChI is InChI=1S/C25H28N6O4/c1-3-17-16(13-32)6-4-7-20(17)30-24-18-10-22(34-2)23(11-21(18)28-12-19(24)25(26)33)35-9-5-8-31-15-27-14-29-31/h4,6-7,10-12,14-15,32H,3,5,8-9,13H2,1-2H3,(H2,26,33)(H,28,30). The third-order valence-corrected chi connectivity index (χ3v) is 5.73. The predicted molar refractivity (Wildman–Crippen MR) is 132 cm³/mol. The van der Waals surface area contributed by atoms with Crippen LogP contribution in [0.5, 0.6) is 11.5 Å². The van der Waals surface area contributed by atoms with Crippen LogP contribution in [0.2, 0.25) is 0 Å².